The van der Waals surface area contributed by atoms with Gasteiger partial charge in [0.15, 0.2) is 4.88 Å². The molecule has 0 aliphatic rings. The highest BCUT2D eigenvalue weighted by Crippen LogP contribution is 2.33. The van der Waals surface area contributed by atoms with Crippen LogP contribution < -0.4 is 10.1 Å². The third kappa shape index (κ3) is 4.55. The third-order valence-electron chi connectivity index (χ3n) is 2.44. The van der Waals surface area contributed by atoms with Gasteiger partial charge in [0.1, 0.15) is 5.75 Å². The van der Waals surface area contributed by atoms with Crippen LogP contribution in [0.3, 0.4) is 0 Å². The van der Waals surface area contributed by atoms with Gasteiger partial charge in [-0.1, -0.05) is 13.8 Å². The quantitative estimate of drug-likeness (QED) is 0.807. The predicted octanol–water partition coefficient (Wildman–Crippen LogP) is 2.47. The second-order valence-corrected chi connectivity index (χ2v) is 5.44. The highest BCUT2D eigenvalue weighted by Gasteiger charge is 2.18. The van der Waals surface area contributed by atoms with Crippen molar-refractivity contribution in [3.8, 4) is 5.75 Å². The first-order chi connectivity index (χ1) is 8.95. The van der Waals surface area contributed by atoms with Crippen molar-refractivity contribution in [1.82, 2.24) is 5.32 Å². The summed E-state index contributed by atoms with van der Waals surface area (Å²) < 4.78 is 5.42. The van der Waals surface area contributed by atoms with Gasteiger partial charge in [0.25, 0.3) is 0 Å². The average Bonchev–Trinajstić information content (AvgIpc) is 2.74. The summed E-state index contributed by atoms with van der Waals surface area (Å²) in [7, 11) is 0. The Morgan fingerprint density at radius 3 is 2.68 bits per heavy atom. The zero-order valence-electron chi connectivity index (χ0n) is 11.4. The van der Waals surface area contributed by atoms with E-state index in [0.29, 0.717) is 12.3 Å². The van der Waals surface area contributed by atoms with Gasteiger partial charge >= 0.3 is 5.97 Å². The summed E-state index contributed by atoms with van der Waals surface area (Å²) in [4.78, 5) is 23.5. The molecule has 5 nitrogen and oxygen atoms in total. The lowest BCUT2D eigenvalue weighted by Gasteiger charge is -2.05. The fourth-order valence-electron chi connectivity index (χ4n) is 1.47. The van der Waals surface area contributed by atoms with E-state index >= 15 is 0 Å². The Hall–Kier alpha value is -1.56. The van der Waals surface area contributed by atoms with Gasteiger partial charge in [-0.15, -0.1) is 11.3 Å². The molecule has 2 N–H and O–H groups in total. The van der Waals surface area contributed by atoms with Gasteiger partial charge in [-0.3, -0.25) is 4.79 Å². The van der Waals surface area contributed by atoms with Crippen LogP contribution in [0.15, 0.2) is 6.07 Å². The number of nitrogens with one attached hydrogen (secondary N) is 1. The van der Waals surface area contributed by atoms with Crippen LogP contribution in [0.1, 0.15) is 47.7 Å². The lowest BCUT2D eigenvalue weighted by molar-refractivity contribution is -0.121. The van der Waals surface area contributed by atoms with Gasteiger partial charge in [0.05, 0.1) is 13.0 Å². The van der Waals surface area contributed by atoms with E-state index < -0.39 is 5.97 Å². The van der Waals surface area contributed by atoms with Crippen LogP contribution in [0.5, 0.6) is 5.75 Å². The van der Waals surface area contributed by atoms with Crippen LogP contribution in [-0.4, -0.2) is 30.1 Å². The largest absolute Gasteiger partial charge is 0.491 e. The molecule has 19 heavy (non-hydrogen) atoms. The molecule has 1 amide bonds. The van der Waals surface area contributed by atoms with Crippen molar-refractivity contribution in [1.29, 1.82) is 0 Å². The van der Waals surface area contributed by atoms with E-state index in [1.165, 1.54) is 11.3 Å². The predicted molar refractivity (Wildman–Crippen MR) is 74.2 cm³/mol. The monoisotopic (exact) mass is 285 g/mol. The maximum Gasteiger partial charge on any atom is 0.349 e. The number of aromatic carboxylic acids is 1. The summed E-state index contributed by atoms with van der Waals surface area (Å²) in [5.74, 6) is -0.488. The number of hydrogen-bond donors (Lipinski definition) is 2. The summed E-state index contributed by atoms with van der Waals surface area (Å²) in [6.07, 6.45) is 0.222. The summed E-state index contributed by atoms with van der Waals surface area (Å²) >= 11 is 1.22. The molecule has 0 bridgehead atoms. The fraction of sp³-hybridized carbons (Fsp3) is 0.538. The Balaban J connectivity index is 2.66. The first-order valence-electron chi connectivity index (χ1n) is 6.22. The number of carboxylic acid groups (broad SMARTS) is 1. The van der Waals surface area contributed by atoms with E-state index in [1.54, 1.807) is 6.07 Å². The summed E-state index contributed by atoms with van der Waals surface area (Å²) in [6, 6.07) is 1.75. The number of amides is 1. The van der Waals surface area contributed by atoms with Crippen molar-refractivity contribution in [2.75, 3.05) is 13.2 Å². The van der Waals surface area contributed by atoms with Crippen LogP contribution in [0, 0.1) is 0 Å². The Labute approximate surface area is 116 Å². The minimum absolute atomic E-state index is 0.0984. The molecule has 0 saturated carbocycles. The molecule has 1 aromatic heterocycles. The van der Waals surface area contributed by atoms with E-state index in [-0.39, 0.29) is 29.7 Å². The second kappa shape index (κ2) is 7.13. The van der Waals surface area contributed by atoms with Gasteiger partial charge in [-0.05, 0) is 18.9 Å². The number of ether oxygens (including phenoxy) is 1. The maximum atomic E-state index is 11.3. The number of thiophene rings is 1. The summed E-state index contributed by atoms with van der Waals surface area (Å²) in [5.41, 5.74) is 0. The van der Waals surface area contributed by atoms with Crippen LogP contribution in [0.2, 0.25) is 0 Å². The van der Waals surface area contributed by atoms with E-state index in [0.717, 1.165) is 4.88 Å². The normalized spacial score (nSPS) is 10.5. The number of hydrogen-bond acceptors (Lipinski definition) is 4. The van der Waals surface area contributed by atoms with E-state index in [1.807, 2.05) is 20.8 Å². The molecule has 0 atom stereocenters. The maximum absolute atomic E-state index is 11.3. The Bertz CT molecular complexity index is 453. The van der Waals surface area contributed by atoms with Crippen LogP contribution >= 0.6 is 11.3 Å². The number of carbonyl (C=O) groups excluding carboxylic acids is 1. The standard InChI is InChI=1S/C13H19NO4S/c1-4-14-11(15)5-6-18-9-7-10(8(2)3)19-12(9)13(16)17/h7-8H,4-6H2,1-3H3,(H,14,15)(H,16,17). The number of carbonyl (C=O) groups is 2. The van der Waals surface area contributed by atoms with Crippen LogP contribution in [-0.2, 0) is 4.79 Å². The molecule has 0 aliphatic heterocycles. The van der Waals surface area contributed by atoms with Crippen molar-refractivity contribution in [3.05, 3.63) is 15.8 Å². The molecule has 106 valence electrons. The smallest absolute Gasteiger partial charge is 0.349 e. The third-order valence-corrected chi connectivity index (χ3v) is 3.85. The summed E-state index contributed by atoms with van der Waals surface area (Å²) in [6.45, 7) is 6.59. The molecular formula is C13H19NO4S. The molecule has 0 aromatic carbocycles. The van der Waals surface area contributed by atoms with E-state index in [2.05, 4.69) is 5.32 Å². The first kappa shape index (κ1) is 15.5. The number of carboxylic acids is 1. The first-order valence-corrected chi connectivity index (χ1v) is 7.03. The van der Waals surface area contributed by atoms with Crippen molar-refractivity contribution >= 4 is 23.2 Å². The van der Waals surface area contributed by atoms with Gasteiger partial charge in [-0.2, -0.15) is 0 Å². The van der Waals surface area contributed by atoms with Gasteiger partial charge in [0.2, 0.25) is 5.91 Å². The zero-order chi connectivity index (χ0) is 14.4. The van der Waals surface area contributed by atoms with Crippen molar-refractivity contribution < 1.29 is 19.4 Å². The molecule has 0 radical (unpaired) electrons. The van der Waals surface area contributed by atoms with Crippen LogP contribution in [0.4, 0.5) is 0 Å². The Morgan fingerprint density at radius 2 is 2.16 bits per heavy atom. The average molecular weight is 285 g/mol. The van der Waals surface area contributed by atoms with Crippen molar-refractivity contribution in [2.24, 2.45) is 0 Å². The fourth-order valence-corrected chi connectivity index (χ4v) is 2.42. The molecule has 1 rings (SSSR count). The topological polar surface area (TPSA) is 75.6 Å². The lowest BCUT2D eigenvalue weighted by Crippen LogP contribution is -2.24. The summed E-state index contributed by atoms with van der Waals surface area (Å²) in [5, 5.41) is 11.8. The minimum atomic E-state index is -0.995. The van der Waals surface area contributed by atoms with E-state index in [9.17, 15) is 9.59 Å². The Morgan fingerprint density at radius 1 is 1.47 bits per heavy atom. The zero-order valence-corrected chi connectivity index (χ0v) is 12.2. The molecule has 0 aliphatic carbocycles. The van der Waals surface area contributed by atoms with Crippen molar-refractivity contribution in [3.63, 3.8) is 0 Å². The van der Waals surface area contributed by atoms with Gasteiger partial charge < -0.3 is 15.2 Å². The molecule has 0 saturated heterocycles. The molecule has 1 heterocycles. The van der Waals surface area contributed by atoms with Crippen molar-refractivity contribution in [2.45, 2.75) is 33.1 Å². The molecule has 0 spiro atoms. The highest BCUT2D eigenvalue weighted by atomic mass is 32.1. The molecule has 0 unspecified atom stereocenters. The minimum Gasteiger partial charge on any atom is -0.491 e. The molecule has 6 heteroatoms. The number of rotatable bonds is 7. The van der Waals surface area contributed by atoms with E-state index in [4.69, 9.17) is 9.84 Å². The van der Waals surface area contributed by atoms with Crippen LogP contribution in [0.25, 0.3) is 0 Å². The highest BCUT2D eigenvalue weighted by molar-refractivity contribution is 7.14. The molecule has 1 aromatic rings. The molecular weight excluding hydrogens is 266 g/mol. The lowest BCUT2D eigenvalue weighted by atomic mass is 10.2. The Kier molecular flexibility index (Phi) is 5.82. The van der Waals surface area contributed by atoms with Gasteiger partial charge in [0, 0.05) is 11.4 Å². The van der Waals surface area contributed by atoms with Gasteiger partial charge in [-0.25, -0.2) is 4.79 Å². The molecule has 0 fully saturated rings. The second-order valence-electron chi connectivity index (χ2n) is 4.35. The SMILES string of the molecule is CCNC(=O)CCOc1cc(C(C)C)sc1C(=O)O.